The molecule has 1 aliphatic carbocycles. The van der Waals surface area contributed by atoms with Gasteiger partial charge in [0.15, 0.2) is 0 Å². The summed E-state index contributed by atoms with van der Waals surface area (Å²) in [5, 5.41) is 13.0. The molecule has 10 aromatic carbocycles. The highest BCUT2D eigenvalue weighted by Crippen LogP contribution is 2.54. The van der Waals surface area contributed by atoms with Crippen LogP contribution in [-0.2, 0) is 5.41 Å². The summed E-state index contributed by atoms with van der Waals surface area (Å²) in [6, 6.07) is 68.2. The normalized spacial score (nSPS) is 13.3. The van der Waals surface area contributed by atoms with Gasteiger partial charge in [-0.15, -0.1) is 11.3 Å². The van der Waals surface area contributed by atoms with Crippen molar-refractivity contribution in [1.29, 1.82) is 0 Å². The molecule has 1 aromatic heterocycles. The Morgan fingerprint density at radius 1 is 0.339 bits per heavy atom. The summed E-state index contributed by atoms with van der Waals surface area (Å²) in [5.74, 6) is 0. The zero-order valence-corrected chi connectivity index (χ0v) is 32.0. The molecule has 0 saturated carbocycles. The van der Waals surface area contributed by atoms with E-state index in [1.165, 1.54) is 119 Å². The highest BCUT2D eigenvalue weighted by atomic mass is 32.1. The third-order valence-corrected chi connectivity index (χ3v) is 13.8. The maximum atomic E-state index is 2.50. The molecular formula is C55H36S. The van der Waals surface area contributed by atoms with Crippen LogP contribution >= 0.6 is 11.3 Å². The van der Waals surface area contributed by atoms with Crippen LogP contribution in [0.5, 0.6) is 0 Å². The third kappa shape index (κ3) is 4.53. The lowest BCUT2D eigenvalue weighted by atomic mass is 9.81. The van der Waals surface area contributed by atoms with Gasteiger partial charge in [-0.25, -0.2) is 0 Å². The van der Waals surface area contributed by atoms with Gasteiger partial charge in [0.2, 0.25) is 0 Å². The molecule has 0 amide bonds. The topological polar surface area (TPSA) is 0 Å². The molecule has 262 valence electrons. The van der Waals surface area contributed by atoms with Crippen molar-refractivity contribution < 1.29 is 0 Å². The molecular weight excluding hydrogens is 693 g/mol. The standard InChI is InChI=1S/C55H36S/c1-55(2)49-27-25-39(30-46(49)47-32-51-48(31-50(47)55)45-26-24-34-14-6-7-15-40(34)54(45)56-51)53-43-18-10-8-16-41(43)52(42-17-9-11-19-44(42)53)38-23-22-36-28-35(20-21-37(36)29-38)33-12-4-3-5-13-33/h3-32H,1-2H3. The maximum Gasteiger partial charge on any atom is 0.0433 e. The lowest BCUT2D eigenvalue weighted by Crippen LogP contribution is -2.14. The Hall–Kier alpha value is -6.54. The molecule has 0 saturated heterocycles. The van der Waals surface area contributed by atoms with Gasteiger partial charge in [-0.05, 0) is 129 Å². The first-order chi connectivity index (χ1) is 27.5. The third-order valence-electron chi connectivity index (χ3n) is 12.6. The van der Waals surface area contributed by atoms with Gasteiger partial charge in [0.1, 0.15) is 0 Å². The van der Waals surface area contributed by atoms with Crippen LogP contribution in [0.25, 0.3) is 108 Å². The number of benzene rings is 10. The van der Waals surface area contributed by atoms with Crippen molar-refractivity contribution in [2.45, 2.75) is 19.3 Å². The summed E-state index contributed by atoms with van der Waals surface area (Å²) >= 11 is 1.94. The second kappa shape index (κ2) is 11.7. The number of thiophene rings is 1. The summed E-state index contributed by atoms with van der Waals surface area (Å²) in [4.78, 5) is 0. The van der Waals surface area contributed by atoms with E-state index in [1.54, 1.807) is 0 Å². The molecule has 12 rings (SSSR count). The van der Waals surface area contributed by atoms with E-state index in [9.17, 15) is 0 Å². The van der Waals surface area contributed by atoms with Crippen molar-refractivity contribution >= 4 is 74.6 Å². The highest BCUT2D eigenvalue weighted by Gasteiger charge is 2.36. The van der Waals surface area contributed by atoms with Crippen LogP contribution < -0.4 is 0 Å². The Bertz CT molecular complexity index is 3380. The molecule has 11 aromatic rings. The monoisotopic (exact) mass is 728 g/mol. The van der Waals surface area contributed by atoms with Crippen molar-refractivity contribution in [2.24, 2.45) is 0 Å². The Kier molecular flexibility index (Phi) is 6.66. The summed E-state index contributed by atoms with van der Waals surface area (Å²) in [6.07, 6.45) is 0. The van der Waals surface area contributed by atoms with Crippen LogP contribution in [0.4, 0.5) is 0 Å². The van der Waals surface area contributed by atoms with E-state index in [0.717, 1.165) is 0 Å². The molecule has 1 aliphatic rings. The first kappa shape index (κ1) is 31.8. The number of rotatable bonds is 3. The largest absolute Gasteiger partial charge is 0.135 e. The van der Waals surface area contributed by atoms with E-state index in [-0.39, 0.29) is 5.41 Å². The highest BCUT2D eigenvalue weighted by molar-refractivity contribution is 7.26. The van der Waals surface area contributed by atoms with Crippen molar-refractivity contribution in [3.63, 3.8) is 0 Å². The van der Waals surface area contributed by atoms with Gasteiger partial charge >= 0.3 is 0 Å². The zero-order valence-electron chi connectivity index (χ0n) is 31.2. The van der Waals surface area contributed by atoms with Crippen molar-refractivity contribution in [2.75, 3.05) is 0 Å². The summed E-state index contributed by atoms with van der Waals surface area (Å²) in [7, 11) is 0. The summed E-state index contributed by atoms with van der Waals surface area (Å²) in [5.41, 5.74) is 13.0. The van der Waals surface area contributed by atoms with Crippen molar-refractivity contribution in [3.8, 4) is 44.5 Å². The van der Waals surface area contributed by atoms with Crippen LogP contribution in [0, 0.1) is 0 Å². The van der Waals surface area contributed by atoms with Crippen molar-refractivity contribution in [1.82, 2.24) is 0 Å². The number of hydrogen-bond acceptors (Lipinski definition) is 1. The predicted octanol–water partition coefficient (Wildman–Crippen LogP) is 16.0. The Labute approximate surface area is 329 Å². The van der Waals surface area contributed by atoms with Gasteiger partial charge in [0, 0.05) is 25.6 Å². The Balaban J connectivity index is 1.05. The smallest absolute Gasteiger partial charge is 0.0433 e. The van der Waals surface area contributed by atoms with Crippen molar-refractivity contribution in [3.05, 3.63) is 193 Å². The van der Waals surface area contributed by atoms with Gasteiger partial charge in [0.05, 0.1) is 0 Å². The lowest BCUT2D eigenvalue weighted by Gasteiger charge is -2.22. The molecule has 0 nitrogen and oxygen atoms in total. The molecule has 0 aliphatic heterocycles. The average Bonchev–Trinajstić information content (AvgIpc) is 3.73. The lowest BCUT2D eigenvalue weighted by molar-refractivity contribution is 0.661. The molecule has 0 fully saturated rings. The molecule has 0 N–H and O–H groups in total. The molecule has 1 heteroatoms. The Morgan fingerprint density at radius 3 is 1.57 bits per heavy atom. The van der Waals surface area contributed by atoms with Gasteiger partial charge in [-0.3, -0.25) is 0 Å². The van der Waals surface area contributed by atoms with Gasteiger partial charge < -0.3 is 0 Å². The Morgan fingerprint density at radius 2 is 0.875 bits per heavy atom. The summed E-state index contributed by atoms with van der Waals surface area (Å²) in [6.45, 7) is 4.80. The van der Waals surface area contributed by atoms with Gasteiger partial charge in [-0.1, -0.05) is 166 Å². The minimum atomic E-state index is -0.103. The predicted molar refractivity (Wildman–Crippen MR) is 243 cm³/mol. The van der Waals surface area contributed by atoms with E-state index in [4.69, 9.17) is 0 Å². The van der Waals surface area contributed by atoms with Crippen LogP contribution in [0.3, 0.4) is 0 Å². The average molecular weight is 729 g/mol. The molecule has 1 heterocycles. The van der Waals surface area contributed by atoms with E-state index >= 15 is 0 Å². The fraction of sp³-hybridized carbons (Fsp3) is 0.0545. The molecule has 0 bridgehead atoms. The SMILES string of the molecule is CC1(C)c2ccc(-c3c4ccccc4c(-c4ccc5cc(-c6ccccc6)ccc5c4)c4ccccc34)cc2-c2cc3sc4c5ccccc5ccc4c3cc21. The van der Waals surface area contributed by atoms with Crippen LogP contribution in [0.1, 0.15) is 25.0 Å². The quantitative estimate of drug-likeness (QED) is 0.159. The fourth-order valence-corrected chi connectivity index (χ4v) is 11.1. The first-order valence-electron chi connectivity index (χ1n) is 19.6. The second-order valence-electron chi connectivity index (χ2n) is 16.0. The van der Waals surface area contributed by atoms with E-state index in [1.807, 2.05) is 11.3 Å². The second-order valence-corrected chi connectivity index (χ2v) is 17.1. The number of fused-ring (bicyclic) bond motifs is 11. The van der Waals surface area contributed by atoms with E-state index < -0.39 is 0 Å². The molecule has 0 radical (unpaired) electrons. The van der Waals surface area contributed by atoms with Crippen LogP contribution in [0.15, 0.2) is 182 Å². The maximum absolute atomic E-state index is 2.50. The molecule has 0 spiro atoms. The first-order valence-corrected chi connectivity index (χ1v) is 20.4. The fourth-order valence-electron chi connectivity index (χ4n) is 9.86. The molecule has 0 unspecified atom stereocenters. The van der Waals surface area contributed by atoms with E-state index in [0.29, 0.717) is 0 Å². The zero-order chi connectivity index (χ0) is 37.1. The molecule has 56 heavy (non-hydrogen) atoms. The van der Waals surface area contributed by atoms with Gasteiger partial charge in [0.25, 0.3) is 0 Å². The van der Waals surface area contributed by atoms with Crippen LogP contribution in [0.2, 0.25) is 0 Å². The minimum Gasteiger partial charge on any atom is -0.135 e. The minimum absolute atomic E-state index is 0.103. The van der Waals surface area contributed by atoms with Crippen LogP contribution in [-0.4, -0.2) is 0 Å². The number of hydrogen-bond donors (Lipinski definition) is 0. The van der Waals surface area contributed by atoms with Gasteiger partial charge in [-0.2, -0.15) is 0 Å². The molecule has 0 atom stereocenters. The summed E-state index contributed by atoms with van der Waals surface area (Å²) < 4.78 is 2.74. The van der Waals surface area contributed by atoms with E-state index in [2.05, 4.69) is 196 Å².